The molecule has 0 aliphatic heterocycles. The Morgan fingerprint density at radius 3 is 2.88 bits per heavy atom. The van der Waals surface area contributed by atoms with E-state index in [0.717, 1.165) is 10.4 Å². The van der Waals surface area contributed by atoms with Gasteiger partial charge in [0.05, 0.1) is 11.9 Å². The predicted octanol–water partition coefficient (Wildman–Crippen LogP) is 1.04. The van der Waals surface area contributed by atoms with Crippen molar-refractivity contribution in [2.75, 3.05) is 4.72 Å². The first-order valence-corrected chi connectivity index (χ1v) is 7.14. The van der Waals surface area contributed by atoms with Gasteiger partial charge in [-0.15, -0.1) is 11.3 Å². The van der Waals surface area contributed by atoms with Gasteiger partial charge < -0.3 is 5.73 Å². The molecule has 6 nitrogen and oxygen atoms in total. The number of H-pyrrole nitrogens is 1. The van der Waals surface area contributed by atoms with Crippen LogP contribution in [0.4, 0.5) is 5.69 Å². The third-order valence-corrected chi connectivity index (χ3v) is 5.31. The second-order valence-corrected chi connectivity index (χ2v) is 6.51. The van der Waals surface area contributed by atoms with E-state index in [9.17, 15) is 8.42 Å². The molecule has 0 aliphatic carbocycles. The number of anilines is 1. The van der Waals surface area contributed by atoms with Gasteiger partial charge in [0.15, 0.2) is 0 Å². The fraction of sp³-hybridized carbons (Fsp3) is 0.222. The van der Waals surface area contributed by atoms with Crippen molar-refractivity contribution in [3.8, 4) is 0 Å². The highest BCUT2D eigenvalue weighted by molar-refractivity contribution is 7.94. The first-order chi connectivity index (χ1) is 8.03. The number of sulfonamides is 1. The van der Waals surface area contributed by atoms with E-state index < -0.39 is 10.0 Å². The summed E-state index contributed by atoms with van der Waals surface area (Å²) in [7, 11) is -3.54. The van der Waals surface area contributed by atoms with Gasteiger partial charge in [-0.2, -0.15) is 5.10 Å². The van der Waals surface area contributed by atoms with Gasteiger partial charge in [-0.3, -0.25) is 9.82 Å². The molecule has 0 amide bonds. The van der Waals surface area contributed by atoms with Crippen molar-refractivity contribution in [3.05, 3.63) is 28.9 Å². The van der Waals surface area contributed by atoms with E-state index in [0.29, 0.717) is 12.2 Å². The number of aromatic amines is 1. The van der Waals surface area contributed by atoms with Crippen LogP contribution >= 0.6 is 11.3 Å². The minimum absolute atomic E-state index is 0.261. The fourth-order valence-corrected chi connectivity index (χ4v) is 3.84. The van der Waals surface area contributed by atoms with E-state index >= 15 is 0 Å². The molecule has 92 valence electrons. The zero-order valence-electron chi connectivity index (χ0n) is 9.10. The molecule has 8 heteroatoms. The Labute approximate surface area is 103 Å². The summed E-state index contributed by atoms with van der Waals surface area (Å²) in [6, 6.07) is 1.62. The van der Waals surface area contributed by atoms with Crippen molar-refractivity contribution in [3.63, 3.8) is 0 Å². The zero-order valence-corrected chi connectivity index (χ0v) is 10.7. The molecule has 0 atom stereocenters. The monoisotopic (exact) mass is 272 g/mol. The van der Waals surface area contributed by atoms with Crippen LogP contribution in [0.5, 0.6) is 0 Å². The molecule has 2 rings (SSSR count). The molecule has 0 bridgehead atoms. The van der Waals surface area contributed by atoms with Crippen LogP contribution in [0.15, 0.2) is 22.7 Å². The average molecular weight is 272 g/mol. The molecule has 0 aliphatic rings. The number of nitrogens with one attached hydrogen (secondary N) is 2. The Morgan fingerprint density at radius 2 is 2.35 bits per heavy atom. The van der Waals surface area contributed by atoms with E-state index in [-0.39, 0.29) is 4.21 Å². The lowest BCUT2D eigenvalue weighted by Gasteiger charge is -2.01. The summed E-state index contributed by atoms with van der Waals surface area (Å²) in [6.07, 6.45) is 2.88. The highest BCUT2D eigenvalue weighted by atomic mass is 32.2. The smallest absolute Gasteiger partial charge is 0.271 e. The van der Waals surface area contributed by atoms with Crippen LogP contribution < -0.4 is 10.5 Å². The summed E-state index contributed by atoms with van der Waals surface area (Å²) in [5, 5.41) is 6.21. The van der Waals surface area contributed by atoms with Crippen LogP contribution in [0.3, 0.4) is 0 Å². The molecule has 0 radical (unpaired) electrons. The number of nitrogens with zero attached hydrogens (tertiary/aromatic N) is 1. The quantitative estimate of drug-likeness (QED) is 0.774. The maximum absolute atomic E-state index is 12.0. The number of hydrogen-bond acceptors (Lipinski definition) is 5. The summed E-state index contributed by atoms with van der Waals surface area (Å²) < 4.78 is 26.7. The minimum Gasteiger partial charge on any atom is -0.326 e. The number of aryl methyl sites for hydroxylation is 1. The van der Waals surface area contributed by atoms with E-state index in [1.54, 1.807) is 6.07 Å². The number of nitrogens with two attached hydrogens (primary N) is 1. The van der Waals surface area contributed by atoms with Gasteiger partial charge in [0.1, 0.15) is 4.21 Å². The van der Waals surface area contributed by atoms with Crippen LogP contribution in [0.1, 0.15) is 10.4 Å². The Kier molecular flexibility index (Phi) is 3.18. The highest BCUT2D eigenvalue weighted by Crippen LogP contribution is 2.26. The van der Waals surface area contributed by atoms with Gasteiger partial charge in [0.25, 0.3) is 10.0 Å². The van der Waals surface area contributed by atoms with Gasteiger partial charge in [-0.1, -0.05) is 0 Å². The maximum atomic E-state index is 12.0. The molecular weight excluding hydrogens is 260 g/mol. The lowest BCUT2D eigenvalue weighted by atomic mass is 10.3. The van der Waals surface area contributed by atoms with Crippen molar-refractivity contribution in [1.82, 2.24) is 10.2 Å². The first kappa shape index (κ1) is 12.1. The third-order valence-electron chi connectivity index (χ3n) is 2.20. The summed E-state index contributed by atoms with van der Waals surface area (Å²) in [6.45, 7) is 2.19. The molecule has 0 spiro atoms. The Balaban J connectivity index is 2.31. The Hall–Kier alpha value is -1.38. The molecule has 17 heavy (non-hydrogen) atoms. The van der Waals surface area contributed by atoms with Crippen LogP contribution in [0, 0.1) is 6.92 Å². The SMILES string of the molecule is Cc1cc(S(=O)(=O)Nc2cn[nH]c2)sc1CN. The molecule has 0 fully saturated rings. The first-order valence-electron chi connectivity index (χ1n) is 4.84. The number of rotatable bonds is 4. The maximum Gasteiger partial charge on any atom is 0.271 e. The molecule has 2 heterocycles. The Bertz CT molecular complexity index is 601. The van der Waals surface area contributed by atoms with Crippen molar-refractivity contribution in [1.29, 1.82) is 0 Å². The summed E-state index contributed by atoms with van der Waals surface area (Å²) in [4.78, 5) is 0.873. The molecule has 2 aromatic rings. The summed E-state index contributed by atoms with van der Waals surface area (Å²) in [5.41, 5.74) is 6.82. The normalized spacial score (nSPS) is 11.6. The second kappa shape index (κ2) is 4.47. The lowest BCUT2D eigenvalue weighted by molar-refractivity contribution is 0.603. The highest BCUT2D eigenvalue weighted by Gasteiger charge is 2.18. The minimum atomic E-state index is -3.54. The zero-order chi connectivity index (χ0) is 12.5. The Morgan fingerprint density at radius 1 is 1.59 bits per heavy atom. The van der Waals surface area contributed by atoms with E-state index in [4.69, 9.17) is 5.73 Å². The van der Waals surface area contributed by atoms with E-state index in [2.05, 4.69) is 14.9 Å². The van der Waals surface area contributed by atoms with Crippen LogP contribution in [0.25, 0.3) is 0 Å². The lowest BCUT2D eigenvalue weighted by Crippen LogP contribution is -2.10. The van der Waals surface area contributed by atoms with Gasteiger partial charge >= 0.3 is 0 Å². The topological polar surface area (TPSA) is 101 Å². The third kappa shape index (κ3) is 2.48. The standard InChI is InChI=1S/C9H12N4O2S2/c1-6-2-9(16-8(6)3-10)17(14,15)13-7-4-11-12-5-7/h2,4-5,13H,3,10H2,1H3,(H,11,12). The number of thiophene rings is 1. The van der Waals surface area contributed by atoms with Crippen molar-refractivity contribution in [2.45, 2.75) is 17.7 Å². The number of aromatic nitrogens is 2. The summed E-state index contributed by atoms with van der Waals surface area (Å²) >= 11 is 1.18. The fourth-order valence-electron chi connectivity index (χ4n) is 1.34. The molecular formula is C9H12N4O2S2. The molecule has 0 unspecified atom stereocenters. The van der Waals surface area contributed by atoms with Gasteiger partial charge in [0.2, 0.25) is 0 Å². The second-order valence-electron chi connectivity index (χ2n) is 3.47. The molecule has 0 aromatic carbocycles. The van der Waals surface area contributed by atoms with Crippen LogP contribution in [0.2, 0.25) is 0 Å². The largest absolute Gasteiger partial charge is 0.326 e. The molecule has 0 saturated heterocycles. The van der Waals surface area contributed by atoms with Crippen molar-refractivity contribution < 1.29 is 8.42 Å². The van der Waals surface area contributed by atoms with E-state index in [1.807, 2.05) is 6.92 Å². The molecule has 0 saturated carbocycles. The van der Waals surface area contributed by atoms with Gasteiger partial charge in [0, 0.05) is 17.6 Å². The van der Waals surface area contributed by atoms with Crippen molar-refractivity contribution in [2.24, 2.45) is 5.73 Å². The molecule has 4 N–H and O–H groups in total. The average Bonchev–Trinajstić information content (AvgIpc) is 2.87. The van der Waals surface area contributed by atoms with Gasteiger partial charge in [-0.05, 0) is 18.6 Å². The summed E-state index contributed by atoms with van der Waals surface area (Å²) in [5.74, 6) is 0. The van der Waals surface area contributed by atoms with E-state index in [1.165, 1.54) is 23.7 Å². The number of hydrogen-bond donors (Lipinski definition) is 3. The van der Waals surface area contributed by atoms with Gasteiger partial charge in [-0.25, -0.2) is 8.42 Å². The van der Waals surface area contributed by atoms with Crippen LogP contribution in [-0.2, 0) is 16.6 Å². The molecule has 2 aromatic heterocycles. The predicted molar refractivity (Wildman–Crippen MR) is 66.3 cm³/mol. The van der Waals surface area contributed by atoms with Crippen molar-refractivity contribution >= 4 is 27.0 Å². The van der Waals surface area contributed by atoms with Crippen LogP contribution in [-0.4, -0.2) is 18.6 Å².